The lowest BCUT2D eigenvalue weighted by Gasteiger charge is -2.17. The second-order valence-corrected chi connectivity index (χ2v) is 7.25. The third-order valence-corrected chi connectivity index (χ3v) is 4.93. The van der Waals surface area contributed by atoms with Gasteiger partial charge in [0.15, 0.2) is 5.43 Å². The van der Waals surface area contributed by atoms with Gasteiger partial charge in [-0.2, -0.15) is 0 Å². The monoisotopic (exact) mass is 390 g/mol. The fraction of sp³-hybridized carbons (Fsp3) is 0.250. The molecule has 0 saturated carbocycles. The van der Waals surface area contributed by atoms with Gasteiger partial charge in [0.05, 0.1) is 0 Å². The Kier molecular flexibility index (Phi) is 6.17. The van der Waals surface area contributed by atoms with Gasteiger partial charge in [0.25, 0.3) is 5.91 Å². The molecular weight excluding hydrogens is 364 g/mol. The molecule has 2 aromatic carbocycles. The molecule has 29 heavy (non-hydrogen) atoms. The highest BCUT2D eigenvalue weighted by Gasteiger charge is 2.14. The molecule has 1 heterocycles. The molecule has 0 aliphatic rings. The summed E-state index contributed by atoms with van der Waals surface area (Å²) in [6.07, 6.45) is -0.137. The number of aromatic nitrogens is 1. The van der Waals surface area contributed by atoms with E-state index < -0.39 is 0 Å². The third kappa shape index (κ3) is 4.93. The summed E-state index contributed by atoms with van der Waals surface area (Å²) in [7, 11) is 0. The lowest BCUT2D eigenvalue weighted by Crippen LogP contribution is -2.27. The van der Waals surface area contributed by atoms with Gasteiger partial charge in [-0.3, -0.25) is 9.59 Å². The molecule has 5 heteroatoms. The molecule has 0 aliphatic heterocycles. The van der Waals surface area contributed by atoms with Crippen LogP contribution in [0.15, 0.2) is 59.4 Å². The van der Waals surface area contributed by atoms with E-state index in [1.807, 2.05) is 70.2 Å². The van der Waals surface area contributed by atoms with Crippen molar-refractivity contribution in [2.45, 2.75) is 40.3 Å². The first-order chi connectivity index (χ1) is 13.8. The van der Waals surface area contributed by atoms with Crippen molar-refractivity contribution in [1.29, 1.82) is 0 Å². The molecule has 0 radical (unpaired) electrons. The van der Waals surface area contributed by atoms with Crippen LogP contribution in [0.2, 0.25) is 0 Å². The SMILES string of the molecule is Cc1cc(=O)c(CNC(=O)c2ccc(C(C)Oc3ccccc3)cc2C)c(C)[nH]1. The van der Waals surface area contributed by atoms with Crippen LogP contribution in [0, 0.1) is 20.8 Å². The number of carbonyl (C=O) groups is 1. The van der Waals surface area contributed by atoms with Gasteiger partial charge < -0.3 is 15.0 Å². The Balaban J connectivity index is 1.70. The summed E-state index contributed by atoms with van der Waals surface area (Å²) >= 11 is 0. The Morgan fingerprint density at radius 1 is 1.07 bits per heavy atom. The average molecular weight is 390 g/mol. The first kappa shape index (κ1) is 20.4. The number of rotatable bonds is 6. The molecule has 0 saturated heterocycles. The molecule has 3 rings (SSSR count). The van der Waals surface area contributed by atoms with E-state index >= 15 is 0 Å². The van der Waals surface area contributed by atoms with E-state index in [1.165, 1.54) is 0 Å². The minimum absolute atomic E-state index is 0.0713. The van der Waals surface area contributed by atoms with Gasteiger partial charge in [-0.25, -0.2) is 0 Å². The predicted octanol–water partition coefficient (Wildman–Crippen LogP) is 4.37. The van der Waals surface area contributed by atoms with Crippen molar-refractivity contribution >= 4 is 5.91 Å². The number of ether oxygens (including phenoxy) is 1. The number of amides is 1. The summed E-state index contributed by atoms with van der Waals surface area (Å²) in [5.74, 6) is 0.600. The number of hydrogen-bond donors (Lipinski definition) is 2. The molecule has 1 amide bonds. The van der Waals surface area contributed by atoms with Crippen LogP contribution in [0.3, 0.4) is 0 Å². The van der Waals surface area contributed by atoms with Crippen LogP contribution in [0.4, 0.5) is 0 Å². The van der Waals surface area contributed by atoms with E-state index in [4.69, 9.17) is 4.74 Å². The molecule has 0 aliphatic carbocycles. The molecule has 1 aromatic heterocycles. The number of carbonyl (C=O) groups excluding carboxylic acids is 1. The summed E-state index contributed by atoms with van der Waals surface area (Å²) in [4.78, 5) is 27.9. The molecular formula is C24H26N2O3. The highest BCUT2D eigenvalue weighted by atomic mass is 16.5. The van der Waals surface area contributed by atoms with Crippen LogP contribution in [-0.2, 0) is 6.54 Å². The first-order valence-corrected chi connectivity index (χ1v) is 9.65. The van der Waals surface area contributed by atoms with Crippen molar-refractivity contribution in [1.82, 2.24) is 10.3 Å². The summed E-state index contributed by atoms with van der Waals surface area (Å²) < 4.78 is 5.96. The molecule has 1 atom stereocenters. The fourth-order valence-corrected chi connectivity index (χ4v) is 3.33. The minimum atomic E-state index is -0.204. The van der Waals surface area contributed by atoms with E-state index in [2.05, 4.69) is 10.3 Å². The van der Waals surface area contributed by atoms with Crippen LogP contribution in [0.1, 0.15) is 51.5 Å². The van der Waals surface area contributed by atoms with Gasteiger partial charge in [-0.05, 0) is 57.0 Å². The number of nitrogens with one attached hydrogen (secondary N) is 2. The number of para-hydroxylation sites is 1. The zero-order valence-electron chi connectivity index (χ0n) is 17.2. The second-order valence-electron chi connectivity index (χ2n) is 7.25. The number of benzene rings is 2. The summed E-state index contributed by atoms with van der Waals surface area (Å²) in [6.45, 7) is 7.74. The van der Waals surface area contributed by atoms with Gasteiger partial charge in [-0.15, -0.1) is 0 Å². The highest BCUT2D eigenvalue weighted by Crippen LogP contribution is 2.23. The average Bonchev–Trinajstić information content (AvgIpc) is 2.67. The number of pyridine rings is 1. The topological polar surface area (TPSA) is 71.2 Å². The Morgan fingerprint density at radius 3 is 2.45 bits per heavy atom. The summed E-state index contributed by atoms with van der Waals surface area (Å²) in [5, 5.41) is 2.86. The lowest BCUT2D eigenvalue weighted by atomic mass is 10.0. The third-order valence-electron chi connectivity index (χ3n) is 4.93. The Morgan fingerprint density at radius 2 is 1.79 bits per heavy atom. The van der Waals surface area contributed by atoms with Crippen LogP contribution in [0.5, 0.6) is 5.75 Å². The lowest BCUT2D eigenvalue weighted by molar-refractivity contribution is 0.0950. The fourth-order valence-electron chi connectivity index (χ4n) is 3.33. The smallest absolute Gasteiger partial charge is 0.251 e. The number of aromatic amines is 1. The maximum atomic E-state index is 12.6. The molecule has 0 fully saturated rings. The van der Waals surface area contributed by atoms with E-state index in [0.29, 0.717) is 11.1 Å². The molecule has 150 valence electrons. The molecule has 1 unspecified atom stereocenters. The molecule has 0 bridgehead atoms. The number of H-pyrrole nitrogens is 1. The Labute approximate surface area is 170 Å². The molecule has 3 aromatic rings. The maximum absolute atomic E-state index is 12.6. The Bertz CT molecular complexity index is 1070. The molecule has 5 nitrogen and oxygen atoms in total. The Hall–Kier alpha value is -3.34. The molecule has 2 N–H and O–H groups in total. The van der Waals surface area contributed by atoms with Crippen LogP contribution in [-0.4, -0.2) is 10.9 Å². The largest absolute Gasteiger partial charge is 0.486 e. The standard InChI is InChI=1S/C24H26N2O3/c1-15-12-19(18(4)29-20-8-6-5-7-9-20)10-11-21(15)24(28)25-14-22-17(3)26-16(2)13-23(22)27/h5-13,18H,14H2,1-4H3,(H,25,28)(H,26,27). The molecule has 0 spiro atoms. The van der Waals surface area contributed by atoms with Crippen LogP contribution >= 0.6 is 0 Å². The normalized spacial score (nSPS) is 11.7. The summed E-state index contributed by atoms with van der Waals surface area (Å²) in [6, 6.07) is 16.9. The van der Waals surface area contributed by atoms with E-state index in [1.54, 1.807) is 12.1 Å². The van der Waals surface area contributed by atoms with Crippen molar-refractivity contribution in [2.75, 3.05) is 0 Å². The van der Waals surface area contributed by atoms with Gasteiger partial charge in [-0.1, -0.05) is 30.3 Å². The number of aryl methyl sites for hydroxylation is 3. The number of hydrogen-bond acceptors (Lipinski definition) is 3. The van der Waals surface area contributed by atoms with Gasteiger partial charge in [0, 0.05) is 35.1 Å². The predicted molar refractivity (Wildman–Crippen MR) is 114 cm³/mol. The van der Waals surface area contributed by atoms with Crippen molar-refractivity contribution < 1.29 is 9.53 Å². The van der Waals surface area contributed by atoms with Crippen LogP contribution < -0.4 is 15.5 Å². The second kappa shape index (κ2) is 8.78. The first-order valence-electron chi connectivity index (χ1n) is 9.65. The van der Waals surface area contributed by atoms with Gasteiger partial charge in [0.1, 0.15) is 11.9 Å². The van der Waals surface area contributed by atoms with E-state index in [9.17, 15) is 9.59 Å². The minimum Gasteiger partial charge on any atom is -0.486 e. The zero-order valence-corrected chi connectivity index (χ0v) is 17.2. The van der Waals surface area contributed by atoms with Crippen molar-refractivity contribution in [3.05, 3.63) is 98.5 Å². The quantitative estimate of drug-likeness (QED) is 0.656. The van der Waals surface area contributed by atoms with E-state index in [-0.39, 0.29) is 24.0 Å². The summed E-state index contributed by atoms with van der Waals surface area (Å²) in [5.41, 5.74) is 4.52. The van der Waals surface area contributed by atoms with Crippen molar-refractivity contribution in [2.24, 2.45) is 0 Å². The zero-order chi connectivity index (χ0) is 21.0. The maximum Gasteiger partial charge on any atom is 0.251 e. The van der Waals surface area contributed by atoms with Crippen molar-refractivity contribution in [3.8, 4) is 5.75 Å². The van der Waals surface area contributed by atoms with Crippen LogP contribution in [0.25, 0.3) is 0 Å². The van der Waals surface area contributed by atoms with Gasteiger partial charge in [0.2, 0.25) is 0 Å². The van der Waals surface area contributed by atoms with Crippen molar-refractivity contribution in [3.63, 3.8) is 0 Å². The van der Waals surface area contributed by atoms with Gasteiger partial charge >= 0.3 is 0 Å². The highest BCUT2D eigenvalue weighted by molar-refractivity contribution is 5.95. The van der Waals surface area contributed by atoms with E-state index in [0.717, 1.165) is 28.3 Å².